The summed E-state index contributed by atoms with van der Waals surface area (Å²) in [7, 11) is 1.58. The summed E-state index contributed by atoms with van der Waals surface area (Å²) in [6, 6.07) is 7.21. The van der Waals surface area contributed by atoms with Crippen LogP contribution in [-0.4, -0.2) is 17.2 Å². The molecule has 1 rings (SSSR count). The molecule has 0 radical (unpaired) electrons. The molecule has 0 bridgehead atoms. The van der Waals surface area contributed by atoms with E-state index in [0.29, 0.717) is 17.2 Å². The van der Waals surface area contributed by atoms with Gasteiger partial charge in [0.2, 0.25) is 0 Å². The van der Waals surface area contributed by atoms with Crippen LogP contribution in [0.25, 0.3) is 0 Å². The van der Waals surface area contributed by atoms with E-state index in [1.807, 2.05) is 18.2 Å². The molecule has 1 unspecified atom stereocenters. The molecule has 0 aromatic heterocycles. The summed E-state index contributed by atoms with van der Waals surface area (Å²) in [6.07, 6.45) is -0.356. The Balaban J connectivity index is 2.78. The van der Waals surface area contributed by atoms with E-state index in [4.69, 9.17) is 22.7 Å². The van der Waals surface area contributed by atoms with Crippen LogP contribution in [0.5, 0.6) is 5.75 Å². The van der Waals surface area contributed by atoms with Gasteiger partial charge in [0.05, 0.1) is 18.2 Å². The van der Waals surface area contributed by atoms with Gasteiger partial charge in [0.1, 0.15) is 5.75 Å². The van der Waals surface area contributed by atoms with Crippen LogP contribution in [0.3, 0.4) is 0 Å². The predicted octanol–water partition coefficient (Wildman–Crippen LogP) is 1.40. The second-order valence-corrected chi connectivity index (χ2v) is 3.49. The minimum atomic E-state index is -0.650. The third kappa shape index (κ3) is 2.97. The highest BCUT2D eigenvalue weighted by Crippen LogP contribution is 2.21. The van der Waals surface area contributed by atoms with E-state index in [0.717, 1.165) is 5.56 Å². The van der Waals surface area contributed by atoms with Crippen LogP contribution in [0, 0.1) is 0 Å². The highest BCUT2D eigenvalue weighted by Gasteiger charge is 2.09. The van der Waals surface area contributed by atoms with Gasteiger partial charge in [-0.3, -0.25) is 0 Å². The molecule has 0 fully saturated rings. The van der Waals surface area contributed by atoms with Gasteiger partial charge < -0.3 is 15.6 Å². The van der Waals surface area contributed by atoms with Crippen LogP contribution in [0.2, 0.25) is 0 Å². The molecule has 3 nitrogen and oxygen atoms in total. The van der Waals surface area contributed by atoms with Crippen LogP contribution in [0.4, 0.5) is 0 Å². The molecule has 14 heavy (non-hydrogen) atoms. The molecule has 0 amide bonds. The maximum Gasteiger partial charge on any atom is 0.119 e. The number of rotatable bonds is 4. The fourth-order valence-electron chi connectivity index (χ4n) is 1.16. The van der Waals surface area contributed by atoms with Gasteiger partial charge in [-0.05, 0) is 17.7 Å². The Labute approximate surface area is 88.5 Å². The molecule has 76 valence electrons. The average molecular weight is 211 g/mol. The number of methoxy groups -OCH3 is 1. The maximum atomic E-state index is 9.69. The summed E-state index contributed by atoms with van der Waals surface area (Å²) in [4.78, 5) is 0.306. The largest absolute Gasteiger partial charge is 0.497 e. The quantitative estimate of drug-likeness (QED) is 0.739. The number of ether oxygens (including phenoxy) is 1. The predicted molar refractivity (Wildman–Crippen MR) is 59.4 cm³/mol. The van der Waals surface area contributed by atoms with Crippen LogP contribution in [-0.2, 0) is 0 Å². The van der Waals surface area contributed by atoms with Gasteiger partial charge in [0, 0.05) is 6.42 Å². The van der Waals surface area contributed by atoms with Gasteiger partial charge in [-0.2, -0.15) is 0 Å². The van der Waals surface area contributed by atoms with E-state index < -0.39 is 6.10 Å². The highest BCUT2D eigenvalue weighted by atomic mass is 32.1. The van der Waals surface area contributed by atoms with Crippen molar-refractivity contribution in [1.29, 1.82) is 0 Å². The van der Waals surface area contributed by atoms with Crippen molar-refractivity contribution < 1.29 is 9.84 Å². The Morgan fingerprint density at radius 3 is 2.93 bits per heavy atom. The number of hydrogen-bond acceptors (Lipinski definition) is 3. The first-order valence-corrected chi connectivity index (χ1v) is 4.64. The molecule has 0 aliphatic rings. The summed E-state index contributed by atoms with van der Waals surface area (Å²) in [5, 5.41) is 9.69. The lowest BCUT2D eigenvalue weighted by Crippen LogP contribution is -2.12. The molecule has 4 heteroatoms. The first-order valence-electron chi connectivity index (χ1n) is 4.24. The minimum Gasteiger partial charge on any atom is -0.497 e. The second-order valence-electron chi connectivity index (χ2n) is 2.96. The summed E-state index contributed by atoms with van der Waals surface area (Å²) < 4.78 is 5.03. The van der Waals surface area contributed by atoms with E-state index in [1.165, 1.54) is 0 Å². The van der Waals surface area contributed by atoms with Crippen LogP contribution < -0.4 is 10.5 Å². The molecule has 0 saturated heterocycles. The van der Waals surface area contributed by atoms with E-state index >= 15 is 0 Å². The molecular weight excluding hydrogens is 198 g/mol. The van der Waals surface area contributed by atoms with Crippen molar-refractivity contribution in [3.8, 4) is 5.75 Å². The fraction of sp³-hybridized carbons (Fsp3) is 0.300. The lowest BCUT2D eigenvalue weighted by molar-refractivity contribution is 0.186. The first-order chi connectivity index (χ1) is 6.63. The summed E-state index contributed by atoms with van der Waals surface area (Å²) in [5.74, 6) is 0.712. The molecule has 0 aliphatic carbocycles. The lowest BCUT2D eigenvalue weighted by atomic mass is 10.1. The molecule has 0 saturated carbocycles. The first kappa shape index (κ1) is 10.9. The normalized spacial score (nSPS) is 12.1. The standard InChI is InChI=1S/C10H13NO2S/c1-13-8-4-2-3-7(5-8)9(12)6-10(11)14/h2-5,9,12H,6H2,1H3,(H2,11,14). The zero-order valence-corrected chi connectivity index (χ0v) is 8.75. The monoisotopic (exact) mass is 211 g/mol. The molecule has 3 N–H and O–H groups in total. The van der Waals surface area contributed by atoms with Crippen molar-refractivity contribution in [2.75, 3.05) is 7.11 Å². The molecule has 1 atom stereocenters. The number of aliphatic hydroxyl groups is 1. The Morgan fingerprint density at radius 1 is 1.64 bits per heavy atom. The van der Waals surface area contributed by atoms with Crippen LogP contribution in [0.15, 0.2) is 24.3 Å². The van der Waals surface area contributed by atoms with Crippen molar-refractivity contribution >= 4 is 17.2 Å². The van der Waals surface area contributed by atoms with Gasteiger partial charge in [0.15, 0.2) is 0 Å². The minimum absolute atomic E-state index is 0.294. The highest BCUT2D eigenvalue weighted by molar-refractivity contribution is 7.80. The Morgan fingerprint density at radius 2 is 2.36 bits per heavy atom. The van der Waals surface area contributed by atoms with Crippen molar-refractivity contribution in [3.63, 3.8) is 0 Å². The number of nitrogens with two attached hydrogens (primary N) is 1. The third-order valence-electron chi connectivity index (χ3n) is 1.87. The van der Waals surface area contributed by atoms with Crippen molar-refractivity contribution in [1.82, 2.24) is 0 Å². The van der Waals surface area contributed by atoms with E-state index in [9.17, 15) is 5.11 Å². The van der Waals surface area contributed by atoms with Gasteiger partial charge in [-0.15, -0.1) is 0 Å². The fourth-order valence-corrected chi connectivity index (χ4v) is 1.32. The Bertz CT molecular complexity index is 328. The van der Waals surface area contributed by atoms with E-state index in [2.05, 4.69) is 0 Å². The number of benzene rings is 1. The van der Waals surface area contributed by atoms with Crippen LogP contribution >= 0.6 is 12.2 Å². The smallest absolute Gasteiger partial charge is 0.119 e. The molecule has 0 aliphatic heterocycles. The van der Waals surface area contributed by atoms with Gasteiger partial charge >= 0.3 is 0 Å². The van der Waals surface area contributed by atoms with Crippen molar-refractivity contribution in [2.24, 2.45) is 5.73 Å². The third-order valence-corrected chi connectivity index (χ3v) is 2.04. The maximum absolute atomic E-state index is 9.69. The zero-order valence-electron chi connectivity index (χ0n) is 7.93. The lowest BCUT2D eigenvalue weighted by Gasteiger charge is -2.10. The Kier molecular flexibility index (Phi) is 3.85. The molecule has 1 aromatic rings. The van der Waals surface area contributed by atoms with Crippen molar-refractivity contribution in [3.05, 3.63) is 29.8 Å². The average Bonchev–Trinajstić information content (AvgIpc) is 2.17. The van der Waals surface area contributed by atoms with Crippen LogP contribution in [0.1, 0.15) is 18.1 Å². The molecular formula is C10H13NO2S. The van der Waals surface area contributed by atoms with E-state index in [-0.39, 0.29) is 0 Å². The van der Waals surface area contributed by atoms with Gasteiger partial charge in [-0.1, -0.05) is 24.4 Å². The number of thiocarbonyl (C=S) groups is 1. The summed E-state index contributed by atoms with van der Waals surface area (Å²) in [5.41, 5.74) is 6.10. The summed E-state index contributed by atoms with van der Waals surface area (Å²) in [6.45, 7) is 0. The Hall–Kier alpha value is -1.13. The molecule has 0 spiro atoms. The topological polar surface area (TPSA) is 55.5 Å². The van der Waals surface area contributed by atoms with Gasteiger partial charge in [0.25, 0.3) is 0 Å². The molecule has 0 heterocycles. The summed E-state index contributed by atoms with van der Waals surface area (Å²) >= 11 is 4.72. The molecule has 1 aromatic carbocycles. The number of aliphatic hydroxyl groups excluding tert-OH is 1. The zero-order chi connectivity index (χ0) is 10.6. The van der Waals surface area contributed by atoms with Crippen molar-refractivity contribution in [2.45, 2.75) is 12.5 Å². The SMILES string of the molecule is COc1cccc(C(O)CC(N)=S)c1. The van der Waals surface area contributed by atoms with Gasteiger partial charge in [-0.25, -0.2) is 0 Å². The second kappa shape index (κ2) is 4.93. The number of hydrogen-bond donors (Lipinski definition) is 2. The van der Waals surface area contributed by atoms with E-state index in [1.54, 1.807) is 13.2 Å².